The van der Waals surface area contributed by atoms with Gasteiger partial charge >= 0.3 is 0 Å². The lowest BCUT2D eigenvalue weighted by Crippen LogP contribution is -2.31. The molecule has 3 amide bonds. The Morgan fingerprint density at radius 2 is 1.61 bits per heavy atom. The van der Waals surface area contributed by atoms with Crippen LogP contribution in [0.15, 0.2) is 48.8 Å². The molecule has 146 valence electrons. The number of pyridine rings is 1. The van der Waals surface area contributed by atoms with E-state index in [0.717, 1.165) is 12.0 Å². The highest BCUT2D eigenvalue weighted by atomic mass is 16.2. The van der Waals surface area contributed by atoms with Gasteiger partial charge < -0.3 is 15.5 Å². The number of benzene rings is 1. The maximum Gasteiger partial charge on any atom is 0.228 e. The first kappa shape index (κ1) is 19.5. The van der Waals surface area contributed by atoms with E-state index in [1.807, 2.05) is 12.1 Å². The average Bonchev–Trinajstić information content (AvgIpc) is 3.48. The SMILES string of the molecule is CC(=O)Nc1ccc(NC(=O)C2CC2C(=O)N(C)CCc2ccncc2)cc1. The first-order chi connectivity index (χ1) is 13.4. The Labute approximate surface area is 164 Å². The number of nitrogens with one attached hydrogen (secondary N) is 2. The number of anilines is 2. The van der Waals surface area contributed by atoms with E-state index in [-0.39, 0.29) is 29.6 Å². The van der Waals surface area contributed by atoms with E-state index >= 15 is 0 Å². The molecule has 1 aliphatic rings. The molecule has 7 heteroatoms. The minimum Gasteiger partial charge on any atom is -0.345 e. The van der Waals surface area contributed by atoms with Gasteiger partial charge in [-0.25, -0.2) is 0 Å². The monoisotopic (exact) mass is 380 g/mol. The van der Waals surface area contributed by atoms with Gasteiger partial charge in [0.25, 0.3) is 0 Å². The van der Waals surface area contributed by atoms with Crippen molar-refractivity contribution >= 4 is 29.1 Å². The number of carbonyl (C=O) groups excluding carboxylic acids is 3. The van der Waals surface area contributed by atoms with Crippen molar-refractivity contribution in [2.24, 2.45) is 11.8 Å². The number of amides is 3. The molecular formula is C21H24N4O3. The number of nitrogens with zero attached hydrogens (tertiary/aromatic N) is 2. The van der Waals surface area contributed by atoms with Crippen LogP contribution in [0.5, 0.6) is 0 Å². The topological polar surface area (TPSA) is 91.4 Å². The van der Waals surface area contributed by atoms with Crippen LogP contribution in [0.25, 0.3) is 0 Å². The molecule has 1 fully saturated rings. The van der Waals surface area contributed by atoms with Crippen LogP contribution in [0.1, 0.15) is 18.9 Å². The Bertz CT molecular complexity index is 852. The minimum absolute atomic E-state index is 0.00946. The van der Waals surface area contributed by atoms with Gasteiger partial charge in [-0.15, -0.1) is 0 Å². The van der Waals surface area contributed by atoms with Crippen LogP contribution in [0, 0.1) is 11.8 Å². The Balaban J connectivity index is 1.46. The van der Waals surface area contributed by atoms with Crippen LogP contribution < -0.4 is 10.6 Å². The molecule has 0 saturated heterocycles. The Hall–Kier alpha value is -3.22. The van der Waals surface area contributed by atoms with Gasteiger partial charge in [-0.2, -0.15) is 0 Å². The van der Waals surface area contributed by atoms with Crippen LogP contribution in [-0.2, 0) is 20.8 Å². The van der Waals surface area contributed by atoms with Crippen LogP contribution in [0.3, 0.4) is 0 Å². The highest BCUT2D eigenvalue weighted by Crippen LogP contribution is 2.40. The summed E-state index contributed by atoms with van der Waals surface area (Å²) in [4.78, 5) is 41.6. The number of hydrogen-bond donors (Lipinski definition) is 2. The summed E-state index contributed by atoms with van der Waals surface area (Å²) in [5, 5.41) is 5.51. The van der Waals surface area contributed by atoms with Gasteiger partial charge in [-0.3, -0.25) is 19.4 Å². The van der Waals surface area contributed by atoms with Gasteiger partial charge in [0.15, 0.2) is 0 Å². The van der Waals surface area contributed by atoms with E-state index in [4.69, 9.17) is 0 Å². The molecule has 0 aliphatic heterocycles. The van der Waals surface area contributed by atoms with Gasteiger partial charge in [-0.05, 0) is 54.8 Å². The Morgan fingerprint density at radius 3 is 2.21 bits per heavy atom. The molecule has 7 nitrogen and oxygen atoms in total. The fourth-order valence-electron chi connectivity index (χ4n) is 3.07. The van der Waals surface area contributed by atoms with Crippen molar-refractivity contribution < 1.29 is 14.4 Å². The van der Waals surface area contributed by atoms with Crippen LogP contribution in [0.2, 0.25) is 0 Å². The molecule has 3 rings (SSSR count). The summed E-state index contributed by atoms with van der Waals surface area (Å²) < 4.78 is 0. The third kappa shape index (κ3) is 5.16. The second-order valence-electron chi connectivity index (χ2n) is 7.06. The molecule has 1 heterocycles. The summed E-state index contributed by atoms with van der Waals surface area (Å²) in [6, 6.07) is 10.8. The molecule has 2 atom stereocenters. The minimum atomic E-state index is -0.286. The molecule has 1 aromatic carbocycles. The summed E-state index contributed by atoms with van der Waals surface area (Å²) in [5.41, 5.74) is 2.44. The lowest BCUT2D eigenvalue weighted by molar-refractivity contribution is -0.132. The Kier molecular flexibility index (Phi) is 6.03. The molecule has 0 radical (unpaired) electrons. The second kappa shape index (κ2) is 8.65. The van der Waals surface area contributed by atoms with Crippen molar-refractivity contribution in [2.75, 3.05) is 24.2 Å². The van der Waals surface area contributed by atoms with E-state index in [2.05, 4.69) is 15.6 Å². The molecule has 0 spiro atoms. The van der Waals surface area contributed by atoms with Crippen molar-refractivity contribution in [1.29, 1.82) is 0 Å². The summed E-state index contributed by atoms with van der Waals surface area (Å²) >= 11 is 0. The van der Waals surface area contributed by atoms with E-state index in [1.165, 1.54) is 6.92 Å². The predicted octanol–water partition coefficient (Wildman–Crippen LogP) is 2.32. The first-order valence-corrected chi connectivity index (χ1v) is 9.26. The molecule has 0 bridgehead atoms. The highest BCUT2D eigenvalue weighted by molar-refractivity contribution is 5.99. The van der Waals surface area contributed by atoms with Gasteiger partial charge in [0.1, 0.15) is 0 Å². The summed E-state index contributed by atoms with van der Waals surface area (Å²) in [6.07, 6.45) is 4.81. The van der Waals surface area contributed by atoms with Crippen molar-refractivity contribution in [2.45, 2.75) is 19.8 Å². The third-order valence-corrected chi connectivity index (χ3v) is 4.78. The summed E-state index contributed by atoms with van der Waals surface area (Å²) in [5.74, 6) is -0.820. The fourth-order valence-corrected chi connectivity index (χ4v) is 3.07. The van der Waals surface area contributed by atoms with Gasteiger partial charge in [-0.1, -0.05) is 0 Å². The fraction of sp³-hybridized carbons (Fsp3) is 0.333. The summed E-state index contributed by atoms with van der Waals surface area (Å²) in [6.45, 7) is 2.05. The quantitative estimate of drug-likeness (QED) is 0.771. The molecule has 2 aromatic rings. The van der Waals surface area contributed by atoms with Crippen LogP contribution in [-0.4, -0.2) is 41.2 Å². The number of aromatic nitrogens is 1. The Morgan fingerprint density at radius 1 is 1.00 bits per heavy atom. The molecule has 2 unspecified atom stereocenters. The number of hydrogen-bond acceptors (Lipinski definition) is 4. The lowest BCUT2D eigenvalue weighted by atomic mass is 10.2. The zero-order valence-corrected chi connectivity index (χ0v) is 16.0. The normalized spacial score (nSPS) is 17.5. The smallest absolute Gasteiger partial charge is 0.228 e. The lowest BCUT2D eigenvalue weighted by Gasteiger charge is -2.17. The second-order valence-corrected chi connectivity index (χ2v) is 7.06. The van der Waals surface area contributed by atoms with E-state index in [1.54, 1.807) is 48.6 Å². The molecule has 2 N–H and O–H groups in total. The van der Waals surface area contributed by atoms with Crippen molar-refractivity contribution in [3.05, 3.63) is 54.4 Å². The zero-order valence-electron chi connectivity index (χ0n) is 16.0. The van der Waals surface area contributed by atoms with Crippen molar-refractivity contribution in [3.63, 3.8) is 0 Å². The average molecular weight is 380 g/mol. The standard InChI is InChI=1S/C21H24N4O3/c1-14(26)23-16-3-5-17(6-4-16)24-20(27)18-13-19(18)21(28)25(2)12-9-15-7-10-22-11-8-15/h3-8,10-11,18-19H,9,12-13H2,1-2H3,(H,23,26)(H,24,27). The van der Waals surface area contributed by atoms with Crippen molar-refractivity contribution in [1.82, 2.24) is 9.88 Å². The van der Waals surface area contributed by atoms with Crippen molar-refractivity contribution in [3.8, 4) is 0 Å². The molecular weight excluding hydrogens is 356 g/mol. The van der Waals surface area contributed by atoms with Gasteiger partial charge in [0.2, 0.25) is 17.7 Å². The largest absolute Gasteiger partial charge is 0.345 e. The zero-order chi connectivity index (χ0) is 20.1. The number of rotatable bonds is 7. The third-order valence-electron chi connectivity index (χ3n) is 4.78. The summed E-state index contributed by atoms with van der Waals surface area (Å²) in [7, 11) is 1.78. The molecule has 1 aliphatic carbocycles. The molecule has 1 aromatic heterocycles. The molecule has 28 heavy (non-hydrogen) atoms. The molecule has 1 saturated carbocycles. The van der Waals surface area contributed by atoms with E-state index < -0.39 is 0 Å². The number of carbonyl (C=O) groups is 3. The van der Waals surface area contributed by atoms with Gasteiger partial charge in [0, 0.05) is 44.3 Å². The van der Waals surface area contributed by atoms with Gasteiger partial charge in [0.05, 0.1) is 11.8 Å². The highest BCUT2D eigenvalue weighted by Gasteiger charge is 2.48. The maximum absolute atomic E-state index is 12.5. The van der Waals surface area contributed by atoms with E-state index in [0.29, 0.717) is 24.3 Å². The van der Waals surface area contributed by atoms with E-state index in [9.17, 15) is 14.4 Å². The first-order valence-electron chi connectivity index (χ1n) is 9.26. The maximum atomic E-state index is 12.5. The number of likely N-dealkylation sites (N-methyl/N-ethyl adjacent to an activating group) is 1. The van der Waals surface area contributed by atoms with Crippen LogP contribution >= 0.6 is 0 Å². The van der Waals surface area contributed by atoms with Crippen LogP contribution in [0.4, 0.5) is 11.4 Å². The predicted molar refractivity (Wildman–Crippen MR) is 107 cm³/mol.